The fourth-order valence-corrected chi connectivity index (χ4v) is 2.59. The topological polar surface area (TPSA) is 114 Å². The van der Waals surface area contributed by atoms with Crippen molar-refractivity contribution in [3.05, 3.63) is 71.8 Å². The van der Waals surface area contributed by atoms with Gasteiger partial charge in [0, 0.05) is 12.1 Å². The standard InChI is InChI=1S/C22H25N3O5/c1-2-13-23-22(29)25-19(26)15-30-20(27)14-18(16-9-5-3-6-10-16)24-21(28)17-11-7-4-8-12-17/h3-12,18H,2,13-15H2,1H3,(H,24,28)(H2,23,25,26,29)/t18-/m0/s1. The van der Waals surface area contributed by atoms with Gasteiger partial charge in [-0.3, -0.25) is 19.7 Å². The van der Waals surface area contributed by atoms with Gasteiger partial charge in [-0.1, -0.05) is 55.5 Å². The lowest BCUT2D eigenvalue weighted by molar-refractivity contribution is -0.148. The second-order valence-electron chi connectivity index (χ2n) is 6.47. The molecule has 0 aliphatic carbocycles. The smallest absolute Gasteiger partial charge is 0.321 e. The zero-order valence-electron chi connectivity index (χ0n) is 16.7. The number of carbonyl (C=O) groups is 4. The molecule has 0 aromatic heterocycles. The molecule has 2 rings (SSSR count). The Labute approximate surface area is 175 Å². The minimum absolute atomic E-state index is 0.169. The van der Waals surface area contributed by atoms with Gasteiger partial charge in [-0.25, -0.2) is 4.79 Å². The average molecular weight is 411 g/mol. The van der Waals surface area contributed by atoms with E-state index in [0.717, 1.165) is 12.0 Å². The predicted molar refractivity (Wildman–Crippen MR) is 110 cm³/mol. The van der Waals surface area contributed by atoms with Gasteiger partial charge < -0.3 is 15.4 Å². The zero-order valence-corrected chi connectivity index (χ0v) is 16.7. The van der Waals surface area contributed by atoms with Crippen LogP contribution < -0.4 is 16.0 Å². The Morgan fingerprint density at radius 3 is 2.20 bits per heavy atom. The van der Waals surface area contributed by atoms with E-state index in [4.69, 9.17) is 4.74 Å². The van der Waals surface area contributed by atoms with Crippen LogP contribution in [0.1, 0.15) is 41.7 Å². The van der Waals surface area contributed by atoms with Gasteiger partial charge in [-0.05, 0) is 24.1 Å². The first-order chi connectivity index (χ1) is 14.5. The molecule has 0 aliphatic rings. The van der Waals surface area contributed by atoms with E-state index < -0.39 is 30.6 Å². The predicted octanol–water partition coefficient (Wildman–Crippen LogP) is 2.33. The Kier molecular flexibility index (Phi) is 9.05. The number of hydrogen-bond donors (Lipinski definition) is 3. The zero-order chi connectivity index (χ0) is 21.8. The summed E-state index contributed by atoms with van der Waals surface area (Å²) in [6.07, 6.45) is 0.560. The van der Waals surface area contributed by atoms with E-state index in [9.17, 15) is 19.2 Å². The Bertz CT molecular complexity index is 856. The van der Waals surface area contributed by atoms with Gasteiger partial charge in [0.2, 0.25) is 0 Å². The largest absolute Gasteiger partial charge is 0.455 e. The van der Waals surface area contributed by atoms with Crippen LogP contribution in [0.25, 0.3) is 0 Å². The first-order valence-corrected chi connectivity index (χ1v) is 9.63. The number of benzene rings is 2. The number of nitrogens with one attached hydrogen (secondary N) is 3. The minimum atomic E-state index is -0.735. The van der Waals surface area contributed by atoms with Crippen molar-refractivity contribution in [1.82, 2.24) is 16.0 Å². The number of ether oxygens (including phenoxy) is 1. The summed E-state index contributed by atoms with van der Waals surface area (Å²) < 4.78 is 4.97. The maximum absolute atomic E-state index is 12.5. The Morgan fingerprint density at radius 1 is 0.933 bits per heavy atom. The van der Waals surface area contributed by atoms with E-state index in [2.05, 4.69) is 16.0 Å². The molecule has 4 amide bonds. The molecular weight excluding hydrogens is 386 g/mol. The fourth-order valence-electron chi connectivity index (χ4n) is 2.59. The van der Waals surface area contributed by atoms with Crippen molar-refractivity contribution in [3.63, 3.8) is 0 Å². The van der Waals surface area contributed by atoms with Crippen LogP contribution in [0.3, 0.4) is 0 Å². The third-order valence-corrected chi connectivity index (χ3v) is 4.07. The lowest BCUT2D eigenvalue weighted by atomic mass is 10.0. The number of esters is 1. The average Bonchev–Trinajstić information content (AvgIpc) is 2.77. The molecule has 0 radical (unpaired) electrons. The third-order valence-electron chi connectivity index (χ3n) is 4.07. The summed E-state index contributed by atoms with van der Waals surface area (Å²) in [6, 6.07) is 16.3. The van der Waals surface area contributed by atoms with Crippen molar-refractivity contribution < 1.29 is 23.9 Å². The first kappa shape index (κ1) is 22.6. The van der Waals surface area contributed by atoms with Crippen LogP contribution in [0.2, 0.25) is 0 Å². The molecule has 0 spiro atoms. The molecular formula is C22H25N3O5. The Hall–Kier alpha value is -3.68. The lowest BCUT2D eigenvalue weighted by Gasteiger charge is -2.18. The van der Waals surface area contributed by atoms with Crippen molar-refractivity contribution >= 4 is 23.8 Å². The molecule has 0 unspecified atom stereocenters. The third kappa shape index (κ3) is 7.75. The summed E-state index contributed by atoms with van der Waals surface area (Å²) in [5, 5.41) is 7.37. The van der Waals surface area contributed by atoms with Crippen molar-refractivity contribution in [2.75, 3.05) is 13.2 Å². The molecule has 2 aromatic rings. The molecule has 158 valence electrons. The molecule has 0 bridgehead atoms. The van der Waals surface area contributed by atoms with E-state index in [-0.39, 0.29) is 12.3 Å². The first-order valence-electron chi connectivity index (χ1n) is 9.63. The number of rotatable bonds is 9. The quantitative estimate of drug-likeness (QED) is 0.548. The molecule has 8 nitrogen and oxygen atoms in total. The monoisotopic (exact) mass is 411 g/mol. The highest BCUT2D eigenvalue weighted by molar-refractivity contribution is 5.96. The molecule has 0 saturated heterocycles. The van der Waals surface area contributed by atoms with E-state index in [1.165, 1.54) is 0 Å². The maximum Gasteiger partial charge on any atom is 0.321 e. The van der Waals surface area contributed by atoms with E-state index in [0.29, 0.717) is 12.1 Å². The number of imide groups is 1. The van der Waals surface area contributed by atoms with Crippen LogP contribution in [0.5, 0.6) is 0 Å². The lowest BCUT2D eigenvalue weighted by Crippen LogP contribution is -2.41. The summed E-state index contributed by atoms with van der Waals surface area (Å²) in [6.45, 7) is 1.72. The summed E-state index contributed by atoms with van der Waals surface area (Å²) in [5.41, 5.74) is 1.19. The highest BCUT2D eigenvalue weighted by atomic mass is 16.5. The van der Waals surface area contributed by atoms with Gasteiger partial charge in [-0.15, -0.1) is 0 Å². The highest BCUT2D eigenvalue weighted by Crippen LogP contribution is 2.18. The van der Waals surface area contributed by atoms with Crippen molar-refractivity contribution in [2.45, 2.75) is 25.8 Å². The molecule has 0 fully saturated rings. The molecule has 0 aliphatic heterocycles. The highest BCUT2D eigenvalue weighted by Gasteiger charge is 2.21. The maximum atomic E-state index is 12.5. The SMILES string of the molecule is CCCNC(=O)NC(=O)COC(=O)C[C@H](NC(=O)c1ccccc1)c1ccccc1. The second kappa shape index (κ2) is 12.0. The molecule has 0 heterocycles. The van der Waals surface area contributed by atoms with Crippen LogP contribution in [-0.4, -0.2) is 37.0 Å². The van der Waals surface area contributed by atoms with Crippen LogP contribution in [0, 0.1) is 0 Å². The molecule has 0 saturated carbocycles. The number of hydrogen-bond acceptors (Lipinski definition) is 5. The molecule has 2 aromatic carbocycles. The summed E-state index contributed by atoms with van der Waals surface area (Å²) in [7, 11) is 0. The summed E-state index contributed by atoms with van der Waals surface area (Å²) >= 11 is 0. The fraction of sp³-hybridized carbons (Fsp3) is 0.273. The second-order valence-corrected chi connectivity index (χ2v) is 6.47. The van der Waals surface area contributed by atoms with Crippen LogP contribution in [-0.2, 0) is 14.3 Å². The Balaban J connectivity index is 1.93. The van der Waals surface area contributed by atoms with Gasteiger partial charge in [0.15, 0.2) is 6.61 Å². The van der Waals surface area contributed by atoms with Crippen LogP contribution in [0.15, 0.2) is 60.7 Å². The van der Waals surface area contributed by atoms with E-state index >= 15 is 0 Å². The minimum Gasteiger partial charge on any atom is -0.455 e. The Morgan fingerprint density at radius 2 is 1.57 bits per heavy atom. The summed E-state index contributed by atoms with van der Waals surface area (Å²) in [4.78, 5) is 47.9. The van der Waals surface area contributed by atoms with Crippen molar-refractivity contribution in [1.29, 1.82) is 0 Å². The van der Waals surface area contributed by atoms with Crippen LogP contribution >= 0.6 is 0 Å². The van der Waals surface area contributed by atoms with Gasteiger partial charge in [0.1, 0.15) is 0 Å². The number of amides is 4. The van der Waals surface area contributed by atoms with E-state index in [1.807, 2.05) is 13.0 Å². The number of carbonyl (C=O) groups excluding carboxylic acids is 4. The molecule has 30 heavy (non-hydrogen) atoms. The normalized spacial score (nSPS) is 11.1. The van der Waals surface area contributed by atoms with Gasteiger partial charge in [0.05, 0.1) is 12.5 Å². The van der Waals surface area contributed by atoms with Crippen molar-refractivity contribution in [3.8, 4) is 0 Å². The van der Waals surface area contributed by atoms with Crippen molar-refractivity contribution in [2.24, 2.45) is 0 Å². The van der Waals surface area contributed by atoms with E-state index in [1.54, 1.807) is 54.6 Å². The number of urea groups is 1. The van der Waals surface area contributed by atoms with Gasteiger partial charge in [-0.2, -0.15) is 0 Å². The van der Waals surface area contributed by atoms with Crippen LogP contribution in [0.4, 0.5) is 4.79 Å². The molecule has 1 atom stereocenters. The van der Waals surface area contributed by atoms with Gasteiger partial charge >= 0.3 is 12.0 Å². The van der Waals surface area contributed by atoms with Gasteiger partial charge in [0.25, 0.3) is 11.8 Å². The summed E-state index contributed by atoms with van der Waals surface area (Å²) in [5.74, 6) is -1.74. The molecule has 8 heteroatoms. The molecule has 3 N–H and O–H groups in total.